The molecule has 2 N–H and O–H groups in total. The molecule has 4 rings (SSSR count). The topological polar surface area (TPSA) is 86.8 Å². The van der Waals surface area contributed by atoms with Crippen molar-refractivity contribution >= 4 is 22.7 Å². The number of nitrogens with zero attached hydrogens (tertiary/aromatic N) is 2. The van der Waals surface area contributed by atoms with E-state index in [2.05, 4.69) is 4.57 Å². The van der Waals surface area contributed by atoms with Crippen LogP contribution in [0.3, 0.4) is 0 Å². The Bertz CT molecular complexity index is 1130. The number of primary amides is 1. The van der Waals surface area contributed by atoms with E-state index in [1.165, 1.54) is 0 Å². The summed E-state index contributed by atoms with van der Waals surface area (Å²) in [5.74, 6) is 0.0609. The third kappa shape index (κ3) is 4.21. The zero-order valence-corrected chi connectivity index (χ0v) is 18.6. The maximum atomic E-state index is 12.7. The van der Waals surface area contributed by atoms with Crippen LogP contribution in [0.2, 0.25) is 0 Å². The van der Waals surface area contributed by atoms with Crippen molar-refractivity contribution in [3.8, 4) is 5.75 Å². The van der Waals surface area contributed by atoms with E-state index in [0.29, 0.717) is 44.0 Å². The Labute approximate surface area is 187 Å². The fourth-order valence-electron chi connectivity index (χ4n) is 4.48. The molecule has 2 amide bonds. The van der Waals surface area contributed by atoms with Crippen molar-refractivity contribution in [3.63, 3.8) is 0 Å². The van der Waals surface area contributed by atoms with Crippen molar-refractivity contribution in [3.05, 3.63) is 64.8 Å². The zero-order valence-electron chi connectivity index (χ0n) is 18.6. The number of carbonyl (C=O) groups is 2. The van der Waals surface area contributed by atoms with Gasteiger partial charge in [0.2, 0.25) is 0 Å². The summed E-state index contributed by atoms with van der Waals surface area (Å²) in [6.45, 7) is 6.84. The highest BCUT2D eigenvalue weighted by atomic mass is 16.5. The van der Waals surface area contributed by atoms with Crippen molar-refractivity contribution in [1.29, 1.82) is 0 Å². The Morgan fingerprint density at radius 3 is 2.47 bits per heavy atom. The van der Waals surface area contributed by atoms with E-state index in [4.69, 9.17) is 15.2 Å². The van der Waals surface area contributed by atoms with E-state index >= 15 is 0 Å². The molecule has 168 valence electrons. The maximum Gasteiger partial charge on any atom is 0.260 e. The number of benzene rings is 2. The van der Waals surface area contributed by atoms with Gasteiger partial charge < -0.3 is 24.7 Å². The Kier molecular flexibility index (Phi) is 6.46. The van der Waals surface area contributed by atoms with E-state index in [0.717, 1.165) is 34.3 Å². The van der Waals surface area contributed by atoms with Crippen molar-refractivity contribution in [1.82, 2.24) is 9.47 Å². The number of hydrogen-bond donors (Lipinski definition) is 1. The van der Waals surface area contributed by atoms with Gasteiger partial charge in [-0.1, -0.05) is 30.3 Å². The van der Waals surface area contributed by atoms with Gasteiger partial charge in [0.15, 0.2) is 6.61 Å². The van der Waals surface area contributed by atoms with Crippen molar-refractivity contribution in [2.24, 2.45) is 5.73 Å². The van der Waals surface area contributed by atoms with Gasteiger partial charge in [0.1, 0.15) is 5.75 Å². The van der Waals surface area contributed by atoms with E-state index < -0.39 is 5.91 Å². The van der Waals surface area contributed by atoms with Crippen LogP contribution in [0, 0.1) is 6.92 Å². The average molecular weight is 436 g/mol. The number of ether oxygens (including phenoxy) is 2. The molecule has 1 saturated heterocycles. The van der Waals surface area contributed by atoms with Crippen LogP contribution in [0.5, 0.6) is 5.75 Å². The third-order valence-corrected chi connectivity index (χ3v) is 6.06. The Morgan fingerprint density at radius 1 is 1.09 bits per heavy atom. The normalized spacial score (nSPS) is 14.0. The molecule has 32 heavy (non-hydrogen) atoms. The first-order valence-corrected chi connectivity index (χ1v) is 11.0. The smallest absolute Gasteiger partial charge is 0.260 e. The number of fused-ring (bicyclic) bond motifs is 1. The van der Waals surface area contributed by atoms with Gasteiger partial charge in [-0.25, -0.2) is 0 Å². The first-order chi connectivity index (χ1) is 15.5. The molecule has 0 radical (unpaired) electrons. The minimum absolute atomic E-state index is 0.0628. The molecule has 2 aromatic carbocycles. The second kappa shape index (κ2) is 9.44. The molecule has 1 aliphatic heterocycles. The second-order valence-electron chi connectivity index (χ2n) is 7.95. The molecular formula is C25H29N3O4. The van der Waals surface area contributed by atoms with Gasteiger partial charge in [-0.05, 0) is 31.5 Å². The fraction of sp³-hybridized carbons (Fsp3) is 0.360. The molecule has 1 aliphatic rings. The number of morpholine rings is 1. The first kappa shape index (κ1) is 21.9. The summed E-state index contributed by atoms with van der Waals surface area (Å²) in [7, 11) is 0. The Morgan fingerprint density at radius 2 is 1.81 bits per heavy atom. The van der Waals surface area contributed by atoms with Gasteiger partial charge in [0, 0.05) is 48.2 Å². The lowest BCUT2D eigenvalue weighted by molar-refractivity contribution is -0.137. The minimum Gasteiger partial charge on any atom is -0.483 e. The lowest BCUT2D eigenvalue weighted by Crippen LogP contribution is -2.43. The van der Waals surface area contributed by atoms with Crippen LogP contribution in [0.4, 0.5) is 0 Å². The van der Waals surface area contributed by atoms with Gasteiger partial charge in [0.25, 0.3) is 11.8 Å². The second-order valence-corrected chi connectivity index (χ2v) is 7.95. The Balaban J connectivity index is 1.77. The zero-order chi connectivity index (χ0) is 22.7. The van der Waals surface area contributed by atoms with Gasteiger partial charge in [-0.2, -0.15) is 0 Å². The maximum absolute atomic E-state index is 12.7. The quantitative estimate of drug-likeness (QED) is 0.618. The molecule has 3 aromatic rings. The summed E-state index contributed by atoms with van der Waals surface area (Å²) in [5.41, 5.74) is 10.1. The molecule has 0 spiro atoms. The van der Waals surface area contributed by atoms with Crippen LogP contribution in [0.1, 0.15) is 34.1 Å². The number of nitrogens with two attached hydrogens (primary N) is 1. The van der Waals surface area contributed by atoms with Gasteiger partial charge in [-0.3, -0.25) is 9.59 Å². The van der Waals surface area contributed by atoms with Crippen LogP contribution >= 0.6 is 0 Å². The molecule has 0 saturated carbocycles. The summed E-state index contributed by atoms with van der Waals surface area (Å²) < 4.78 is 13.5. The lowest BCUT2D eigenvalue weighted by Gasteiger charge is -2.27. The van der Waals surface area contributed by atoms with E-state index in [-0.39, 0.29) is 12.5 Å². The summed E-state index contributed by atoms with van der Waals surface area (Å²) in [5, 5.41) is 0.803. The summed E-state index contributed by atoms with van der Waals surface area (Å²) in [6, 6.07) is 13.8. The fourth-order valence-corrected chi connectivity index (χ4v) is 4.48. The summed E-state index contributed by atoms with van der Waals surface area (Å²) >= 11 is 0. The first-order valence-electron chi connectivity index (χ1n) is 11.0. The predicted molar refractivity (Wildman–Crippen MR) is 123 cm³/mol. The number of hydrogen-bond acceptors (Lipinski definition) is 4. The SMILES string of the molecule is CCn1c(C)c(C(N)=O)c2c(Cc3ccccc3)c(OCC(=O)N3CCOCC3)ccc21. The number of amides is 2. The molecular weight excluding hydrogens is 406 g/mol. The van der Waals surface area contributed by atoms with Gasteiger partial charge >= 0.3 is 0 Å². The standard InChI is InChI=1S/C25H29N3O4/c1-3-28-17(2)23(25(26)30)24-19(15-18-7-5-4-6-8-18)21(10-9-20(24)28)32-16-22(29)27-11-13-31-14-12-27/h4-10H,3,11-16H2,1-2H3,(H2,26,30). The van der Waals surface area contributed by atoms with Gasteiger partial charge in [0.05, 0.1) is 18.8 Å². The lowest BCUT2D eigenvalue weighted by atomic mass is 9.97. The summed E-state index contributed by atoms with van der Waals surface area (Å²) in [6.07, 6.45) is 0.562. The molecule has 7 nitrogen and oxygen atoms in total. The highest BCUT2D eigenvalue weighted by molar-refractivity contribution is 6.09. The number of aromatic nitrogens is 1. The molecule has 0 aliphatic carbocycles. The highest BCUT2D eigenvalue weighted by Crippen LogP contribution is 2.36. The largest absolute Gasteiger partial charge is 0.483 e. The molecule has 1 aromatic heterocycles. The average Bonchev–Trinajstić information content (AvgIpc) is 3.11. The molecule has 0 bridgehead atoms. The Hall–Kier alpha value is -3.32. The van der Waals surface area contributed by atoms with Crippen LogP contribution in [-0.4, -0.2) is 54.2 Å². The number of aryl methyl sites for hydroxylation is 1. The van der Waals surface area contributed by atoms with Crippen molar-refractivity contribution in [2.75, 3.05) is 32.9 Å². The summed E-state index contributed by atoms with van der Waals surface area (Å²) in [4.78, 5) is 26.9. The van der Waals surface area contributed by atoms with Gasteiger partial charge in [-0.15, -0.1) is 0 Å². The number of carbonyl (C=O) groups excluding carboxylic acids is 2. The molecule has 0 atom stereocenters. The number of rotatable bonds is 7. The minimum atomic E-state index is -0.462. The molecule has 1 fully saturated rings. The molecule has 0 unspecified atom stereocenters. The van der Waals surface area contributed by atoms with Crippen molar-refractivity contribution < 1.29 is 19.1 Å². The van der Waals surface area contributed by atoms with Crippen LogP contribution in [0.25, 0.3) is 10.9 Å². The van der Waals surface area contributed by atoms with Crippen LogP contribution < -0.4 is 10.5 Å². The van der Waals surface area contributed by atoms with E-state index in [1.54, 1.807) is 4.90 Å². The third-order valence-electron chi connectivity index (χ3n) is 6.06. The molecule has 2 heterocycles. The van der Waals surface area contributed by atoms with Crippen molar-refractivity contribution in [2.45, 2.75) is 26.8 Å². The monoisotopic (exact) mass is 435 g/mol. The van der Waals surface area contributed by atoms with E-state index in [9.17, 15) is 9.59 Å². The van der Waals surface area contributed by atoms with Crippen LogP contribution in [-0.2, 0) is 22.5 Å². The van der Waals surface area contributed by atoms with E-state index in [1.807, 2.05) is 56.3 Å². The van der Waals surface area contributed by atoms with Crippen LogP contribution in [0.15, 0.2) is 42.5 Å². The highest BCUT2D eigenvalue weighted by Gasteiger charge is 2.24. The molecule has 7 heteroatoms. The predicted octanol–water partition coefficient (Wildman–Crippen LogP) is 2.90.